The van der Waals surface area contributed by atoms with Crippen molar-refractivity contribution in [2.45, 2.75) is 39.0 Å². The van der Waals surface area contributed by atoms with Crippen LogP contribution in [0.25, 0.3) is 22.6 Å². The molecule has 218 valence electrons. The zero-order valence-electron chi connectivity index (χ0n) is 23.9. The first-order valence-corrected chi connectivity index (χ1v) is 14.6. The first-order chi connectivity index (χ1) is 20.1. The van der Waals surface area contributed by atoms with E-state index in [1.807, 2.05) is 60.7 Å². The highest BCUT2D eigenvalue weighted by molar-refractivity contribution is 5.95. The van der Waals surface area contributed by atoms with Gasteiger partial charge in [-0.05, 0) is 49.2 Å². The van der Waals surface area contributed by atoms with Crippen molar-refractivity contribution in [3.63, 3.8) is 0 Å². The Hall–Kier alpha value is -3.50. The summed E-state index contributed by atoms with van der Waals surface area (Å²) < 4.78 is 17.0. The van der Waals surface area contributed by atoms with E-state index in [2.05, 4.69) is 34.3 Å². The van der Waals surface area contributed by atoms with E-state index in [4.69, 9.17) is 13.9 Å². The Kier molecular flexibility index (Phi) is 9.84. The lowest BCUT2D eigenvalue weighted by Gasteiger charge is -2.34. The third-order valence-electron chi connectivity index (χ3n) is 7.81. The van der Waals surface area contributed by atoms with Crippen molar-refractivity contribution >= 4 is 11.8 Å². The van der Waals surface area contributed by atoms with Crippen molar-refractivity contribution in [2.24, 2.45) is 0 Å². The highest BCUT2D eigenvalue weighted by atomic mass is 16.5. The van der Waals surface area contributed by atoms with Gasteiger partial charge in [0.2, 0.25) is 0 Å². The van der Waals surface area contributed by atoms with Crippen molar-refractivity contribution in [2.75, 3.05) is 52.6 Å². The molecule has 2 amide bonds. The van der Waals surface area contributed by atoms with E-state index < -0.39 is 0 Å². The van der Waals surface area contributed by atoms with E-state index in [1.165, 1.54) is 0 Å². The van der Waals surface area contributed by atoms with Crippen molar-refractivity contribution < 1.29 is 23.5 Å². The summed E-state index contributed by atoms with van der Waals surface area (Å²) in [4.78, 5) is 30.3. The summed E-state index contributed by atoms with van der Waals surface area (Å²) in [6.45, 7) is 10.2. The monoisotopic (exact) mass is 560 g/mol. The van der Waals surface area contributed by atoms with Crippen LogP contribution < -0.4 is 10.6 Å². The number of carbonyl (C=O) groups is 2. The maximum absolute atomic E-state index is 12.9. The van der Waals surface area contributed by atoms with Crippen molar-refractivity contribution in [1.82, 2.24) is 20.4 Å². The van der Waals surface area contributed by atoms with Crippen LogP contribution in [0.2, 0.25) is 0 Å². The minimum absolute atomic E-state index is 0.00554. The van der Waals surface area contributed by atoms with Gasteiger partial charge in [0.1, 0.15) is 11.5 Å². The second kappa shape index (κ2) is 13.9. The summed E-state index contributed by atoms with van der Waals surface area (Å²) in [6, 6.07) is 18.8. The fourth-order valence-corrected chi connectivity index (χ4v) is 5.37. The normalized spacial score (nSPS) is 18.0. The molecule has 2 fully saturated rings. The summed E-state index contributed by atoms with van der Waals surface area (Å²) >= 11 is 0. The third kappa shape index (κ3) is 7.23. The van der Waals surface area contributed by atoms with Gasteiger partial charge in [-0.1, -0.05) is 38.1 Å². The number of furan rings is 1. The number of morpholine rings is 2. The fourth-order valence-electron chi connectivity index (χ4n) is 5.37. The molecule has 2 saturated heterocycles. The molecule has 2 atom stereocenters. The summed E-state index contributed by atoms with van der Waals surface area (Å²) in [6.07, 6.45) is 1.65. The Balaban J connectivity index is 1.19. The molecule has 0 saturated carbocycles. The van der Waals surface area contributed by atoms with Crippen LogP contribution in [-0.2, 0) is 9.47 Å². The van der Waals surface area contributed by atoms with Crippen molar-refractivity contribution in [3.05, 3.63) is 71.8 Å². The van der Waals surface area contributed by atoms with Crippen LogP contribution in [0, 0.1) is 0 Å². The molecule has 0 spiro atoms. The number of amides is 2. The third-order valence-corrected chi connectivity index (χ3v) is 7.81. The van der Waals surface area contributed by atoms with E-state index in [1.54, 1.807) is 0 Å². The van der Waals surface area contributed by atoms with E-state index >= 15 is 0 Å². The fraction of sp³-hybridized carbons (Fsp3) is 0.438. The number of hydrogen-bond donors (Lipinski definition) is 2. The number of carbonyl (C=O) groups excluding carboxylic acids is 2. The summed E-state index contributed by atoms with van der Waals surface area (Å²) in [7, 11) is 0. The lowest BCUT2D eigenvalue weighted by molar-refractivity contribution is 0.00827. The van der Waals surface area contributed by atoms with Crippen LogP contribution in [-0.4, -0.2) is 86.6 Å². The zero-order valence-corrected chi connectivity index (χ0v) is 23.9. The predicted molar refractivity (Wildman–Crippen MR) is 157 cm³/mol. The molecule has 0 bridgehead atoms. The lowest BCUT2D eigenvalue weighted by atomic mass is 10.1. The molecule has 0 radical (unpaired) electrons. The molecule has 9 heteroatoms. The molecule has 1 aromatic heterocycles. The van der Waals surface area contributed by atoms with Crippen molar-refractivity contribution in [3.8, 4) is 22.6 Å². The molecule has 0 aliphatic carbocycles. The van der Waals surface area contributed by atoms with Crippen LogP contribution in [0.1, 0.15) is 47.4 Å². The van der Waals surface area contributed by atoms with E-state index in [0.29, 0.717) is 49.1 Å². The average molecular weight is 561 g/mol. The van der Waals surface area contributed by atoms with Crippen LogP contribution in [0.4, 0.5) is 0 Å². The molecule has 2 aliphatic rings. The molecule has 3 heterocycles. The van der Waals surface area contributed by atoms with Gasteiger partial charge in [-0.25, -0.2) is 0 Å². The Morgan fingerprint density at radius 3 is 1.34 bits per heavy atom. The van der Waals surface area contributed by atoms with Crippen LogP contribution >= 0.6 is 0 Å². The van der Waals surface area contributed by atoms with Gasteiger partial charge in [0, 0.05) is 48.4 Å². The van der Waals surface area contributed by atoms with Gasteiger partial charge >= 0.3 is 0 Å². The molecule has 9 nitrogen and oxygen atoms in total. The van der Waals surface area contributed by atoms with Gasteiger partial charge in [-0.2, -0.15) is 0 Å². The van der Waals surface area contributed by atoms with Crippen LogP contribution in [0.15, 0.2) is 65.1 Å². The maximum atomic E-state index is 12.9. The molecule has 2 aliphatic heterocycles. The van der Waals surface area contributed by atoms with Gasteiger partial charge in [0.25, 0.3) is 11.8 Å². The molecule has 3 aromatic rings. The predicted octanol–water partition coefficient (Wildman–Crippen LogP) is 4.21. The van der Waals surface area contributed by atoms with Gasteiger partial charge in [-0.15, -0.1) is 0 Å². The standard InChI is InChI=1S/C32H40N4O5/c1-3-29(35-15-19-39-20-16-35)33-31(37)25-9-5-23(6-10-25)27-13-14-28(41-27)24-7-11-26(12-8-24)32(38)34-30(4-2)36-17-21-40-22-18-36/h5-14,29-30H,3-4,15-22H2,1-2H3,(H,33,37)(H,34,38). The molecular weight excluding hydrogens is 520 g/mol. The number of ether oxygens (including phenoxy) is 2. The molecule has 41 heavy (non-hydrogen) atoms. The minimum Gasteiger partial charge on any atom is -0.456 e. The number of nitrogens with one attached hydrogen (secondary N) is 2. The number of rotatable bonds is 10. The molecule has 2 aromatic carbocycles. The highest BCUT2D eigenvalue weighted by Gasteiger charge is 2.23. The SMILES string of the molecule is CCC(NC(=O)c1ccc(-c2ccc(-c3ccc(C(=O)NC(CC)N4CCOCC4)cc3)o2)cc1)N1CCOCC1. The quantitative estimate of drug-likeness (QED) is 0.384. The minimum atomic E-state index is -0.0886. The summed E-state index contributed by atoms with van der Waals surface area (Å²) in [5, 5.41) is 6.30. The summed E-state index contributed by atoms with van der Waals surface area (Å²) in [5.41, 5.74) is 3.00. The first kappa shape index (κ1) is 29.0. The van der Waals surface area contributed by atoms with Gasteiger partial charge in [-0.3, -0.25) is 19.4 Å². The largest absolute Gasteiger partial charge is 0.456 e. The average Bonchev–Trinajstić information content (AvgIpc) is 3.54. The molecule has 2 unspecified atom stereocenters. The Labute approximate surface area is 241 Å². The van der Waals surface area contributed by atoms with E-state index in [9.17, 15) is 9.59 Å². The van der Waals surface area contributed by atoms with Gasteiger partial charge in [0.15, 0.2) is 0 Å². The zero-order chi connectivity index (χ0) is 28.6. The number of nitrogens with zero attached hydrogens (tertiary/aromatic N) is 2. The molecule has 2 N–H and O–H groups in total. The Bertz CT molecular complexity index is 1180. The maximum Gasteiger partial charge on any atom is 0.252 e. The van der Waals surface area contributed by atoms with E-state index in [-0.39, 0.29) is 24.1 Å². The number of hydrogen-bond acceptors (Lipinski definition) is 7. The topological polar surface area (TPSA) is 96.3 Å². The van der Waals surface area contributed by atoms with Gasteiger partial charge in [0.05, 0.1) is 38.8 Å². The first-order valence-electron chi connectivity index (χ1n) is 14.6. The van der Waals surface area contributed by atoms with Crippen molar-refractivity contribution in [1.29, 1.82) is 0 Å². The number of benzene rings is 2. The second-order valence-corrected chi connectivity index (χ2v) is 10.4. The van der Waals surface area contributed by atoms with Crippen LogP contribution in [0.3, 0.4) is 0 Å². The Morgan fingerprint density at radius 1 is 0.634 bits per heavy atom. The molecule has 5 rings (SSSR count). The Morgan fingerprint density at radius 2 is 1.00 bits per heavy atom. The summed E-state index contributed by atoms with van der Waals surface area (Å²) in [5.74, 6) is 1.25. The highest BCUT2D eigenvalue weighted by Crippen LogP contribution is 2.29. The van der Waals surface area contributed by atoms with Crippen LogP contribution in [0.5, 0.6) is 0 Å². The lowest BCUT2D eigenvalue weighted by Crippen LogP contribution is -2.52. The smallest absolute Gasteiger partial charge is 0.252 e. The second-order valence-electron chi connectivity index (χ2n) is 10.4. The van der Waals surface area contributed by atoms with Gasteiger partial charge < -0.3 is 24.5 Å². The van der Waals surface area contributed by atoms with E-state index in [0.717, 1.165) is 50.1 Å². The molecular formula is C32H40N4O5.